The van der Waals surface area contributed by atoms with E-state index in [0.29, 0.717) is 34.1 Å². The summed E-state index contributed by atoms with van der Waals surface area (Å²) in [6, 6.07) is 12.9. The summed E-state index contributed by atoms with van der Waals surface area (Å²) in [5, 5.41) is 18.7. The summed E-state index contributed by atoms with van der Waals surface area (Å²) < 4.78 is 1.05. The Hall–Kier alpha value is -2.77. The van der Waals surface area contributed by atoms with Gasteiger partial charge in [0.15, 0.2) is 5.01 Å². The Morgan fingerprint density at radius 2 is 2.00 bits per heavy atom. The highest BCUT2D eigenvalue weighted by Crippen LogP contribution is 2.25. The number of unbranched alkanes of at least 4 members (excludes halogenated alkanes) is 2. The van der Waals surface area contributed by atoms with Gasteiger partial charge in [0.2, 0.25) is 5.71 Å². The molecule has 0 fully saturated rings. The average molecular weight is 383 g/mol. The molecule has 3 aromatic rings. The number of rotatable bonds is 8. The SMILES string of the molecule is Nc1ccc(C(=O)NCCCCCO)cc1C(=[NH2+])c1nc2ccccc2s1. The maximum atomic E-state index is 12.4. The van der Waals surface area contributed by atoms with Crippen molar-refractivity contribution in [3.63, 3.8) is 0 Å². The van der Waals surface area contributed by atoms with Gasteiger partial charge < -0.3 is 16.2 Å². The van der Waals surface area contributed by atoms with E-state index in [1.165, 1.54) is 11.3 Å². The molecule has 6 N–H and O–H groups in total. The van der Waals surface area contributed by atoms with Crippen molar-refractivity contribution in [2.24, 2.45) is 0 Å². The molecule has 0 atom stereocenters. The Kier molecular flexibility index (Phi) is 6.16. The second-order valence-electron chi connectivity index (χ2n) is 6.24. The molecular weight excluding hydrogens is 360 g/mol. The number of nitrogens with two attached hydrogens (primary N) is 2. The molecule has 6 nitrogen and oxygen atoms in total. The number of thiazole rings is 1. The van der Waals surface area contributed by atoms with Crippen LogP contribution in [-0.4, -0.2) is 34.9 Å². The summed E-state index contributed by atoms with van der Waals surface area (Å²) in [5.74, 6) is -0.169. The summed E-state index contributed by atoms with van der Waals surface area (Å²) in [6.45, 7) is 0.742. The van der Waals surface area contributed by atoms with Gasteiger partial charge in [0.05, 0.1) is 15.8 Å². The van der Waals surface area contributed by atoms with E-state index < -0.39 is 0 Å². The predicted octanol–water partition coefficient (Wildman–Crippen LogP) is 1.37. The van der Waals surface area contributed by atoms with Gasteiger partial charge >= 0.3 is 0 Å². The fraction of sp³-hybridized carbons (Fsp3) is 0.250. The Morgan fingerprint density at radius 1 is 1.19 bits per heavy atom. The number of nitrogens with zero attached hydrogens (tertiary/aromatic N) is 1. The lowest BCUT2D eigenvalue weighted by molar-refractivity contribution is -0.111. The fourth-order valence-electron chi connectivity index (χ4n) is 2.75. The molecule has 0 saturated heterocycles. The van der Waals surface area contributed by atoms with E-state index in [-0.39, 0.29) is 12.5 Å². The number of aliphatic hydroxyl groups is 1. The first-order valence-electron chi connectivity index (χ1n) is 8.87. The van der Waals surface area contributed by atoms with Crippen LogP contribution in [0.1, 0.15) is 40.2 Å². The summed E-state index contributed by atoms with van der Waals surface area (Å²) in [4.78, 5) is 16.9. The Balaban J connectivity index is 1.76. The summed E-state index contributed by atoms with van der Waals surface area (Å²) in [5.41, 5.74) is 9.07. The molecule has 0 radical (unpaired) electrons. The number of fused-ring (bicyclic) bond motifs is 1. The quantitative estimate of drug-likeness (QED) is 0.267. The van der Waals surface area contributed by atoms with Crippen LogP contribution in [0.4, 0.5) is 5.69 Å². The molecule has 3 rings (SSSR count). The lowest BCUT2D eigenvalue weighted by atomic mass is 10.0. The zero-order valence-electron chi connectivity index (χ0n) is 14.9. The molecule has 7 heteroatoms. The van der Waals surface area contributed by atoms with Crippen LogP contribution < -0.4 is 16.5 Å². The largest absolute Gasteiger partial charge is 0.398 e. The molecule has 0 aliphatic rings. The van der Waals surface area contributed by atoms with Crippen LogP contribution in [0.3, 0.4) is 0 Å². The highest BCUT2D eigenvalue weighted by Gasteiger charge is 2.20. The normalized spacial score (nSPS) is 10.9. The highest BCUT2D eigenvalue weighted by atomic mass is 32.1. The van der Waals surface area contributed by atoms with Crippen LogP contribution >= 0.6 is 11.3 Å². The van der Waals surface area contributed by atoms with Crippen molar-refractivity contribution in [1.29, 1.82) is 0 Å². The first-order valence-corrected chi connectivity index (χ1v) is 9.69. The number of nitrogens with one attached hydrogen (secondary N) is 1. The van der Waals surface area contributed by atoms with Crippen molar-refractivity contribution in [2.45, 2.75) is 19.3 Å². The molecular formula is C20H23N4O2S+. The van der Waals surface area contributed by atoms with Crippen LogP contribution in [0.15, 0.2) is 42.5 Å². The van der Waals surface area contributed by atoms with Crippen molar-refractivity contribution in [3.05, 3.63) is 58.6 Å². The van der Waals surface area contributed by atoms with Crippen molar-refractivity contribution in [1.82, 2.24) is 10.3 Å². The van der Waals surface area contributed by atoms with Crippen LogP contribution in [-0.2, 0) is 0 Å². The monoisotopic (exact) mass is 383 g/mol. The van der Waals surface area contributed by atoms with Crippen molar-refractivity contribution in [2.75, 3.05) is 18.9 Å². The zero-order valence-corrected chi connectivity index (χ0v) is 15.8. The molecule has 1 amide bonds. The van der Waals surface area contributed by atoms with Gasteiger partial charge in [-0.25, -0.2) is 4.98 Å². The molecule has 0 saturated carbocycles. The molecule has 27 heavy (non-hydrogen) atoms. The standard InChI is InChI=1S/C20H22N4O2S/c21-15-9-8-13(19(26)23-10-4-1-5-11-25)12-14(15)18(22)20-24-16-6-2-3-7-17(16)27-20/h2-3,6-9,12,22,25H,1,4-5,10-11,21H2,(H,23,26)/p+1. The lowest BCUT2D eigenvalue weighted by Crippen LogP contribution is -2.41. The van der Waals surface area contributed by atoms with Gasteiger partial charge in [-0.3, -0.25) is 10.2 Å². The topological polar surface area (TPSA) is 114 Å². The zero-order chi connectivity index (χ0) is 19.2. The van der Waals surface area contributed by atoms with E-state index in [4.69, 9.17) is 16.2 Å². The van der Waals surface area contributed by atoms with Crippen LogP contribution in [0.2, 0.25) is 0 Å². The average Bonchev–Trinajstić information content (AvgIpc) is 3.11. The first kappa shape index (κ1) is 19.0. The highest BCUT2D eigenvalue weighted by molar-refractivity contribution is 7.20. The number of anilines is 1. The Labute approximate surface area is 161 Å². The minimum Gasteiger partial charge on any atom is -0.398 e. The van der Waals surface area contributed by atoms with Gasteiger partial charge in [-0.05, 0) is 49.6 Å². The molecule has 1 heterocycles. The van der Waals surface area contributed by atoms with Crippen molar-refractivity contribution in [3.8, 4) is 0 Å². The van der Waals surface area contributed by atoms with Crippen molar-refractivity contribution < 1.29 is 15.3 Å². The summed E-state index contributed by atoms with van der Waals surface area (Å²) in [6.07, 6.45) is 2.45. The van der Waals surface area contributed by atoms with Gasteiger partial charge in [0, 0.05) is 24.4 Å². The van der Waals surface area contributed by atoms with E-state index in [0.717, 1.165) is 29.5 Å². The number of hydrogen-bond acceptors (Lipinski definition) is 5. The van der Waals surface area contributed by atoms with Crippen LogP contribution in [0, 0.1) is 0 Å². The second-order valence-corrected chi connectivity index (χ2v) is 7.27. The smallest absolute Gasteiger partial charge is 0.251 e. The van der Waals surface area contributed by atoms with Crippen molar-refractivity contribution >= 4 is 38.9 Å². The third-order valence-corrected chi connectivity index (χ3v) is 5.32. The number of hydrogen-bond donors (Lipinski definition) is 4. The van der Waals surface area contributed by atoms with E-state index >= 15 is 0 Å². The predicted molar refractivity (Wildman–Crippen MR) is 109 cm³/mol. The van der Waals surface area contributed by atoms with E-state index in [2.05, 4.69) is 10.3 Å². The van der Waals surface area contributed by atoms with Crippen LogP contribution in [0.5, 0.6) is 0 Å². The Morgan fingerprint density at radius 3 is 2.78 bits per heavy atom. The maximum absolute atomic E-state index is 12.4. The number of aliphatic hydroxyl groups excluding tert-OH is 1. The number of aromatic nitrogens is 1. The molecule has 0 spiro atoms. The number of carbonyl (C=O) groups excluding carboxylic acids is 1. The first-order chi connectivity index (χ1) is 13.1. The van der Waals surface area contributed by atoms with Gasteiger partial charge in [-0.2, -0.15) is 0 Å². The third-order valence-electron chi connectivity index (χ3n) is 4.25. The van der Waals surface area contributed by atoms with E-state index in [1.54, 1.807) is 18.2 Å². The Bertz CT molecular complexity index is 935. The van der Waals surface area contributed by atoms with Crippen LogP contribution in [0.25, 0.3) is 10.2 Å². The van der Waals surface area contributed by atoms with E-state index in [9.17, 15) is 4.79 Å². The fourth-order valence-corrected chi connectivity index (χ4v) is 3.69. The molecule has 1 aromatic heterocycles. The number of nitrogen functional groups attached to an aromatic ring is 1. The molecule has 0 aliphatic carbocycles. The molecule has 2 aromatic carbocycles. The number of carbonyl (C=O) groups is 1. The van der Waals surface area contributed by atoms with Gasteiger partial charge in [-0.1, -0.05) is 12.1 Å². The molecule has 0 unspecified atom stereocenters. The minimum atomic E-state index is -0.169. The molecule has 140 valence electrons. The van der Waals surface area contributed by atoms with Gasteiger partial charge in [0.25, 0.3) is 5.91 Å². The minimum absolute atomic E-state index is 0.169. The number of benzene rings is 2. The molecule has 0 bridgehead atoms. The molecule has 0 aliphatic heterocycles. The number of para-hydroxylation sites is 1. The van der Waals surface area contributed by atoms with E-state index in [1.807, 2.05) is 24.3 Å². The third kappa shape index (κ3) is 4.50. The maximum Gasteiger partial charge on any atom is 0.251 e. The second kappa shape index (κ2) is 8.75. The lowest BCUT2D eigenvalue weighted by Gasteiger charge is -2.07. The van der Waals surface area contributed by atoms with Gasteiger partial charge in [-0.15, -0.1) is 11.3 Å². The van der Waals surface area contributed by atoms with Gasteiger partial charge in [0.1, 0.15) is 0 Å². The number of amides is 1. The summed E-state index contributed by atoms with van der Waals surface area (Å²) >= 11 is 1.49. The summed E-state index contributed by atoms with van der Waals surface area (Å²) in [7, 11) is 0.